The first kappa shape index (κ1) is 55.4. The molecule has 4 heteroatoms. The van der Waals surface area contributed by atoms with Gasteiger partial charge in [0, 0.05) is 50.5 Å². The van der Waals surface area contributed by atoms with E-state index in [0.717, 1.165) is 29.9 Å². The molecule has 0 spiro atoms. The number of rotatable bonds is 5. The number of hydrogen-bond acceptors (Lipinski definition) is 3. The Hall–Kier alpha value is -6.78. The standard InChI is InChI=1S/C79H90BN3/c1-72(2,3)50-27-33-55(34-28-50)81(56-35-29-51(30-36-56)73(4,5)6)57-47-66-69-67(48-57)83-71-62(78(18)41-23-24-42-79(78,83)19)45-54(76(13,14)15)46-63(71)80(69)70-65(40-38-61-68(70)59-44-52(74(7,8)9)31-37-60(59)77(61,16)17)82(66)64-39-32-53(75(10,11)12)43-58(64)49-25-21-20-22-26-49/h20-22,25-40,43-48H,23-24,41-42H2,1-19H3. The first-order chi connectivity index (χ1) is 38.8. The molecular formula is C79H90BN3. The van der Waals surface area contributed by atoms with E-state index in [1.807, 2.05) is 0 Å². The lowest BCUT2D eigenvalue weighted by molar-refractivity contribution is 0.195. The Morgan fingerprint density at radius 2 is 0.916 bits per heavy atom. The maximum Gasteiger partial charge on any atom is 0.252 e. The average molecular weight is 1090 g/mol. The highest BCUT2D eigenvalue weighted by Gasteiger charge is 2.62. The van der Waals surface area contributed by atoms with E-state index in [-0.39, 0.29) is 50.2 Å². The third-order valence-electron chi connectivity index (χ3n) is 21.0. The highest BCUT2D eigenvalue weighted by Crippen LogP contribution is 2.64. The van der Waals surface area contributed by atoms with Crippen LogP contribution in [0.4, 0.5) is 45.5 Å². The molecule has 5 aliphatic rings. The van der Waals surface area contributed by atoms with E-state index in [4.69, 9.17) is 0 Å². The summed E-state index contributed by atoms with van der Waals surface area (Å²) >= 11 is 0. The zero-order chi connectivity index (χ0) is 59.1. The van der Waals surface area contributed by atoms with Crippen molar-refractivity contribution in [2.75, 3.05) is 14.7 Å². The molecule has 0 bridgehead atoms. The van der Waals surface area contributed by atoms with Crippen molar-refractivity contribution in [2.45, 2.75) is 201 Å². The van der Waals surface area contributed by atoms with E-state index in [1.165, 1.54) is 119 Å². The van der Waals surface area contributed by atoms with Crippen molar-refractivity contribution in [1.82, 2.24) is 0 Å². The number of benzene rings is 8. The largest absolute Gasteiger partial charge is 0.335 e. The summed E-state index contributed by atoms with van der Waals surface area (Å²) in [5.41, 5.74) is 30.1. The van der Waals surface area contributed by atoms with Gasteiger partial charge in [-0.2, -0.15) is 0 Å². The number of anilines is 8. The van der Waals surface area contributed by atoms with E-state index in [0.29, 0.717) is 0 Å². The fourth-order valence-electron chi connectivity index (χ4n) is 15.7. The van der Waals surface area contributed by atoms with Crippen LogP contribution in [0, 0.1) is 0 Å². The average Bonchev–Trinajstić information content (AvgIpc) is 1.89. The van der Waals surface area contributed by atoms with Crippen LogP contribution in [-0.2, 0) is 37.9 Å². The topological polar surface area (TPSA) is 9.72 Å². The first-order valence-corrected chi connectivity index (χ1v) is 31.3. The van der Waals surface area contributed by atoms with Gasteiger partial charge in [-0.1, -0.05) is 235 Å². The van der Waals surface area contributed by atoms with Gasteiger partial charge in [-0.05, 0) is 179 Å². The monoisotopic (exact) mass is 1090 g/mol. The van der Waals surface area contributed by atoms with Crippen LogP contribution in [0.15, 0.2) is 152 Å². The van der Waals surface area contributed by atoms with Gasteiger partial charge in [0.15, 0.2) is 0 Å². The predicted octanol–water partition coefficient (Wildman–Crippen LogP) is 20.0. The minimum atomic E-state index is -0.213. The lowest BCUT2D eigenvalue weighted by Gasteiger charge is -2.53. The smallest absolute Gasteiger partial charge is 0.252 e. The van der Waals surface area contributed by atoms with Gasteiger partial charge < -0.3 is 14.7 Å². The highest BCUT2D eigenvalue weighted by atomic mass is 15.3. The van der Waals surface area contributed by atoms with Gasteiger partial charge in [-0.15, -0.1) is 0 Å². The van der Waals surface area contributed by atoms with Gasteiger partial charge in [0.05, 0.1) is 16.9 Å². The molecule has 13 rings (SSSR count). The molecule has 2 aliphatic carbocycles. The lowest BCUT2D eigenvalue weighted by atomic mass is 9.32. The van der Waals surface area contributed by atoms with Crippen LogP contribution < -0.4 is 31.1 Å². The fourth-order valence-corrected chi connectivity index (χ4v) is 15.7. The Kier molecular flexibility index (Phi) is 12.1. The molecule has 1 saturated carbocycles. The van der Waals surface area contributed by atoms with Crippen LogP contribution in [0.1, 0.15) is 202 Å². The molecule has 8 aromatic carbocycles. The molecule has 0 amide bonds. The molecule has 3 aliphatic heterocycles. The number of nitrogens with zero attached hydrogens (tertiary/aromatic N) is 3. The lowest BCUT2D eigenvalue weighted by Crippen LogP contribution is -2.65. The molecule has 3 heterocycles. The van der Waals surface area contributed by atoms with E-state index in [9.17, 15) is 0 Å². The minimum Gasteiger partial charge on any atom is -0.335 e. The van der Waals surface area contributed by atoms with Crippen molar-refractivity contribution >= 4 is 68.6 Å². The van der Waals surface area contributed by atoms with Crippen LogP contribution in [0.5, 0.6) is 0 Å². The first-order valence-electron chi connectivity index (χ1n) is 31.3. The van der Waals surface area contributed by atoms with Crippen molar-refractivity contribution in [3.8, 4) is 22.3 Å². The van der Waals surface area contributed by atoms with Crippen LogP contribution in [-0.4, -0.2) is 12.3 Å². The quantitative estimate of drug-likeness (QED) is 0.159. The highest BCUT2D eigenvalue weighted by molar-refractivity contribution is 7.01. The Labute approximate surface area is 499 Å². The maximum absolute atomic E-state index is 2.95. The Balaban J connectivity index is 1.23. The Morgan fingerprint density at radius 3 is 1.49 bits per heavy atom. The molecule has 2 unspecified atom stereocenters. The van der Waals surface area contributed by atoms with Crippen molar-refractivity contribution in [3.05, 3.63) is 196 Å². The van der Waals surface area contributed by atoms with E-state index in [2.05, 4.69) is 298 Å². The Morgan fingerprint density at radius 1 is 0.410 bits per heavy atom. The summed E-state index contributed by atoms with van der Waals surface area (Å²) < 4.78 is 0. The molecule has 0 aromatic heterocycles. The van der Waals surface area contributed by atoms with Gasteiger partial charge in [-0.25, -0.2) is 0 Å². The van der Waals surface area contributed by atoms with Crippen LogP contribution >= 0.6 is 0 Å². The van der Waals surface area contributed by atoms with Crippen molar-refractivity contribution in [1.29, 1.82) is 0 Å². The maximum atomic E-state index is 2.95. The molecule has 0 saturated heterocycles. The normalized spacial score (nSPS) is 19.4. The predicted molar refractivity (Wildman–Crippen MR) is 360 cm³/mol. The molecule has 1 fully saturated rings. The molecule has 3 nitrogen and oxygen atoms in total. The third kappa shape index (κ3) is 8.32. The SMILES string of the molecule is CC(C)(C)c1ccc(N(c2ccc(C(C)(C)C)cc2)c2cc3c4c(c2)N2c5c(cc(C(C)(C)C)cc5C5(C)CCCCC25C)B4c2c(ccc4c2-c2cc(C(C)(C)C)ccc2C4(C)C)N3c2ccc(C(C)(C)C)cc2-c2ccccc2)cc1. The fraction of sp³-hybridized carbons (Fsp3) is 0.392. The summed E-state index contributed by atoms with van der Waals surface area (Å²) in [7, 11) is 0. The van der Waals surface area contributed by atoms with E-state index < -0.39 is 0 Å². The zero-order valence-corrected chi connectivity index (χ0v) is 53.7. The molecule has 2 atom stereocenters. The Bertz CT molecular complexity index is 3880. The minimum absolute atomic E-state index is 0.00955. The van der Waals surface area contributed by atoms with Crippen molar-refractivity contribution in [2.24, 2.45) is 0 Å². The number of hydrogen-bond donors (Lipinski definition) is 0. The van der Waals surface area contributed by atoms with Crippen molar-refractivity contribution < 1.29 is 0 Å². The molecule has 0 radical (unpaired) electrons. The summed E-state index contributed by atoms with van der Waals surface area (Å²) in [5, 5.41) is 0. The summed E-state index contributed by atoms with van der Waals surface area (Å²) in [6.45, 7) is 45.7. The summed E-state index contributed by atoms with van der Waals surface area (Å²) in [6, 6.07) is 60.8. The molecule has 8 aromatic rings. The number of fused-ring (bicyclic) bond motifs is 11. The van der Waals surface area contributed by atoms with E-state index >= 15 is 0 Å². The zero-order valence-electron chi connectivity index (χ0n) is 53.7. The van der Waals surface area contributed by atoms with Crippen LogP contribution in [0.25, 0.3) is 22.3 Å². The molecule has 83 heavy (non-hydrogen) atoms. The van der Waals surface area contributed by atoms with Crippen LogP contribution in [0.3, 0.4) is 0 Å². The summed E-state index contributed by atoms with van der Waals surface area (Å²) in [5.74, 6) is 0. The summed E-state index contributed by atoms with van der Waals surface area (Å²) in [4.78, 5) is 8.28. The second-order valence-corrected chi connectivity index (χ2v) is 31.9. The molecule has 0 N–H and O–H groups in total. The second-order valence-electron chi connectivity index (χ2n) is 31.9. The van der Waals surface area contributed by atoms with Gasteiger partial charge in [0.2, 0.25) is 0 Å². The van der Waals surface area contributed by atoms with E-state index in [1.54, 1.807) is 5.56 Å². The molecular weight excluding hydrogens is 1000 g/mol. The van der Waals surface area contributed by atoms with Gasteiger partial charge in [0.1, 0.15) is 0 Å². The van der Waals surface area contributed by atoms with Gasteiger partial charge in [-0.3, -0.25) is 0 Å². The van der Waals surface area contributed by atoms with Crippen LogP contribution in [0.2, 0.25) is 0 Å². The third-order valence-corrected chi connectivity index (χ3v) is 21.0. The second kappa shape index (κ2) is 18.1. The molecule has 424 valence electrons. The van der Waals surface area contributed by atoms with Gasteiger partial charge in [0.25, 0.3) is 6.71 Å². The summed E-state index contributed by atoms with van der Waals surface area (Å²) in [6.07, 6.45) is 4.73. The van der Waals surface area contributed by atoms with Gasteiger partial charge >= 0.3 is 0 Å². The van der Waals surface area contributed by atoms with Crippen molar-refractivity contribution in [3.63, 3.8) is 0 Å².